The SMILES string of the molecule is C[C@@H](OC(=O)c1ccc(F)cc1F)C(=O)Nc1cccc(C(F)(F)F)c1. The van der Waals surface area contributed by atoms with Gasteiger partial charge >= 0.3 is 12.1 Å². The van der Waals surface area contributed by atoms with Gasteiger partial charge in [0.2, 0.25) is 0 Å². The fourth-order valence-corrected chi connectivity index (χ4v) is 1.95. The molecule has 9 heteroatoms. The number of alkyl halides is 3. The molecule has 4 nitrogen and oxygen atoms in total. The quantitative estimate of drug-likeness (QED) is 0.647. The molecule has 0 heterocycles. The molecule has 0 bridgehead atoms. The number of nitrogens with one attached hydrogen (secondary N) is 1. The van der Waals surface area contributed by atoms with Crippen LogP contribution in [0.2, 0.25) is 0 Å². The van der Waals surface area contributed by atoms with Gasteiger partial charge in [0, 0.05) is 11.8 Å². The number of carbonyl (C=O) groups excluding carboxylic acids is 2. The van der Waals surface area contributed by atoms with Gasteiger partial charge in [-0.1, -0.05) is 6.07 Å². The molecule has 1 N–H and O–H groups in total. The van der Waals surface area contributed by atoms with Gasteiger partial charge in [0.05, 0.1) is 11.1 Å². The summed E-state index contributed by atoms with van der Waals surface area (Å²) in [6.45, 7) is 1.16. The zero-order chi connectivity index (χ0) is 19.5. The van der Waals surface area contributed by atoms with Crippen molar-refractivity contribution in [3.63, 3.8) is 0 Å². The summed E-state index contributed by atoms with van der Waals surface area (Å²) in [5.74, 6) is -4.19. The Labute approximate surface area is 144 Å². The van der Waals surface area contributed by atoms with Crippen LogP contribution in [0.15, 0.2) is 42.5 Å². The first-order valence-electron chi connectivity index (χ1n) is 7.22. The molecule has 0 fully saturated rings. The number of carbonyl (C=O) groups is 2. The van der Waals surface area contributed by atoms with Crippen LogP contribution in [0.1, 0.15) is 22.8 Å². The zero-order valence-electron chi connectivity index (χ0n) is 13.2. The molecule has 26 heavy (non-hydrogen) atoms. The largest absolute Gasteiger partial charge is 0.449 e. The third-order valence-electron chi connectivity index (χ3n) is 3.26. The van der Waals surface area contributed by atoms with Gasteiger partial charge < -0.3 is 10.1 Å². The number of amides is 1. The third kappa shape index (κ3) is 4.78. The van der Waals surface area contributed by atoms with E-state index < -0.39 is 46.9 Å². The third-order valence-corrected chi connectivity index (χ3v) is 3.26. The van der Waals surface area contributed by atoms with Crippen molar-refractivity contribution < 1.29 is 36.3 Å². The van der Waals surface area contributed by atoms with Crippen molar-refractivity contribution in [2.24, 2.45) is 0 Å². The van der Waals surface area contributed by atoms with E-state index in [1.807, 2.05) is 0 Å². The van der Waals surface area contributed by atoms with Gasteiger partial charge in [-0.05, 0) is 37.3 Å². The average molecular weight is 373 g/mol. The number of anilines is 1. The molecule has 0 aliphatic rings. The van der Waals surface area contributed by atoms with Gasteiger partial charge in [0.1, 0.15) is 11.6 Å². The molecular formula is C17H12F5NO3. The molecule has 0 radical (unpaired) electrons. The molecule has 0 unspecified atom stereocenters. The molecule has 2 aromatic rings. The van der Waals surface area contributed by atoms with E-state index in [2.05, 4.69) is 5.32 Å². The van der Waals surface area contributed by atoms with Gasteiger partial charge in [-0.2, -0.15) is 13.2 Å². The van der Waals surface area contributed by atoms with Crippen molar-refractivity contribution >= 4 is 17.6 Å². The Hall–Kier alpha value is -2.97. The lowest BCUT2D eigenvalue weighted by Crippen LogP contribution is -2.30. The average Bonchev–Trinajstić information content (AvgIpc) is 2.54. The smallest absolute Gasteiger partial charge is 0.416 e. The van der Waals surface area contributed by atoms with Gasteiger partial charge in [-0.25, -0.2) is 13.6 Å². The summed E-state index contributed by atoms with van der Waals surface area (Å²) in [6, 6.07) is 6.04. The summed E-state index contributed by atoms with van der Waals surface area (Å²) >= 11 is 0. The van der Waals surface area contributed by atoms with E-state index >= 15 is 0 Å². The molecule has 0 aromatic heterocycles. The Balaban J connectivity index is 2.05. The maximum absolute atomic E-state index is 13.5. The molecule has 138 valence electrons. The van der Waals surface area contributed by atoms with Crippen molar-refractivity contribution in [1.82, 2.24) is 0 Å². The van der Waals surface area contributed by atoms with Crippen LogP contribution < -0.4 is 5.32 Å². The number of hydrogen-bond acceptors (Lipinski definition) is 3. The van der Waals surface area contributed by atoms with Crippen molar-refractivity contribution in [3.05, 3.63) is 65.2 Å². The van der Waals surface area contributed by atoms with Crippen molar-refractivity contribution in [3.8, 4) is 0 Å². The molecule has 2 rings (SSSR count). The van der Waals surface area contributed by atoms with E-state index in [4.69, 9.17) is 4.74 Å². The van der Waals surface area contributed by atoms with E-state index in [-0.39, 0.29) is 5.69 Å². The normalized spacial score (nSPS) is 12.4. The molecule has 0 saturated carbocycles. The summed E-state index contributed by atoms with van der Waals surface area (Å²) in [5, 5.41) is 2.16. The second-order valence-corrected chi connectivity index (χ2v) is 5.24. The summed E-state index contributed by atoms with van der Waals surface area (Å²) in [7, 11) is 0. The van der Waals surface area contributed by atoms with E-state index in [0.717, 1.165) is 31.2 Å². The highest BCUT2D eigenvalue weighted by molar-refractivity contribution is 5.97. The number of hydrogen-bond donors (Lipinski definition) is 1. The van der Waals surface area contributed by atoms with Crippen molar-refractivity contribution in [2.45, 2.75) is 19.2 Å². The molecule has 2 aromatic carbocycles. The monoisotopic (exact) mass is 373 g/mol. The zero-order valence-corrected chi connectivity index (χ0v) is 13.2. The minimum absolute atomic E-state index is 0.152. The standard InChI is InChI=1S/C17H12F5NO3/c1-9(26-16(25)13-6-5-11(18)8-14(13)19)15(24)23-12-4-2-3-10(7-12)17(20,21)22/h2-9H,1H3,(H,23,24)/t9-/m1/s1. The van der Waals surface area contributed by atoms with Gasteiger partial charge in [-0.3, -0.25) is 4.79 Å². The Morgan fingerprint density at radius 3 is 2.38 bits per heavy atom. The molecule has 1 atom stereocenters. The van der Waals surface area contributed by atoms with E-state index in [0.29, 0.717) is 12.1 Å². The van der Waals surface area contributed by atoms with Crippen LogP contribution in [0.4, 0.5) is 27.6 Å². The first-order chi connectivity index (χ1) is 12.1. The second-order valence-electron chi connectivity index (χ2n) is 5.24. The van der Waals surface area contributed by atoms with Crippen LogP contribution in [0.25, 0.3) is 0 Å². The summed E-state index contributed by atoms with van der Waals surface area (Å²) < 4.78 is 69.0. The maximum Gasteiger partial charge on any atom is 0.416 e. The Bertz CT molecular complexity index is 835. The molecule has 0 spiro atoms. The van der Waals surface area contributed by atoms with E-state index in [1.54, 1.807) is 0 Å². The van der Waals surface area contributed by atoms with Crippen LogP contribution in [0, 0.1) is 11.6 Å². The van der Waals surface area contributed by atoms with Crippen molar-refractivity contribution in [1.29, 1.82) is 0 Å². The fraction of sp³-hybridized carbons (Fsp3) is 0.176. The van der Waals surface area contributed by atoms with E-state index in [9.17, 15) is 31.5 Å². The highest BCUT2D eigenvalue weighted by Gasteiger charge is 2.30. The lowest BCUT2D eigenvalue weighted by molar-refractivity contribution is -0.137. The Morgan fingerprint density at radius 1 is 1.08 bits per heavy atom. The highest BCUT2D eigenvalue weighted by atomic mass is 19.4. The highest BCUT2D eigenvalue weighted by Crippen LogP contribution is 2.30. The minimum Gasteiger partial charge on any atom is -0.449 e. The van der Waals surface area contributed by atoms with Crippen molar-refractivity contribution in [2.75, 3.05) is 5.32 Å². The first-order valence-corrected chi connectivity index (χ1v) is 7.22. The number of ether oxygens (including phenoxy) is 1. The number of esters is 1. The number of rotatable bonds is 4. The van der Waals surface area contributed by atoms with Crippen LogP contribution in [-0.4, -0.2) is 18.0 Å². The topological polar surface area (TPSA) is 55.4 Å². The van der Waals surface area contributed by atoms with Crippen LogP contribution in [0.3, 0.4) is 0 Å². The van der Waals surface area contributed by atoms with E-state index in [1.165, 1.54) is 6.07 Å². The van der Waals surface area contributed by atoms with Gasteiger partial charge in [-0.15, -0.1) is 0 Å². The molecule has 1 amide bonds. The molecule has 0 saturated heterocycles. The second kappa shape index (κ2) is 7.51. The number of halogens is 5. The summed E-state index contributed by atoms with van der Waals surface area (Å²) in [5.41, 5.74) is -1.70. The molecule has 0 aliphatic carbocycles. The predicted molar refractivity (Wildman–Crippen MR) is 81.3 cm³/mol. The molecular weight excluding hydrogens is 361 g/mol. The first kappa shape index (κ1) is 19.4. The minimum atomic E-state index is -4.58. The lowest BCUT2D eigenvalue weighted by Gasteiger charge is -2.15. The predicted octanol–water partition coefficient (Wildman–Crippen LogP) is 4.17. The Kier molecular flexibility index (Phi) is 5.59. The van der Waals surface area contributed by atoms with Gasteiger partial charge in [0.15, 0.2) is 6.10 Å². The fourth-order valence-electron chi connectivity index (χ4n) is 1.95. The molecule has 0 aliphatic heterocycles. The lowest BCUT2D eigenvalue weighted by atomic mass is 10.2. The number of benzene rings is 2. The van der Waals surface area contributed by atoms with Gasteiger partial charge in [0.25, 0.3) is 5.91 Å². The van der Waals surface area contributed by atoms with Crippen LogP contribution in [0.5, 0.6) is 0 Å². The van der Waals surface area contributed by atoms with Crippen LogP contribution in [-0.2, 0) is 15.7 Å². The van der Waals surface area contributed by atoms with Crippen LogP contribution >= 0.6 is 0 Å². The summed E-state index contributed by atoms with van der Waals surface area (Å²) in [6.07, 6.45) is -6.01. The maximum atomic E-state index is 13.5. The Morgan fingerprint density at radius 2 is 1.77 bits per heavy atom. The summed E-state index contributed by atoms with van der Waals surface area (Å²) in [4.78, 5) is 23.8.